The van der Waals surface area contributed by atoms with E-state index in [-0.39, 0.29) is 16.2 Å². The average Bonchev–Trinajstić information content (AvgIpc) is 2.73. The summed E-state index contributed by atoms with van der Waals surface area (Å²) in [7, 11) is -2.08. The van der Waals surface area contributed by atoms with Crippen molar-refractivity contribution in [1.82, 2.24) is 4.90 Å². The van der Waals surface area contributed by atoms with E-state index in [0.717, 1.165) is 5.56 Å². The molecule has 0 atom stereocenters. The number of nitrogens with one attached hydrogen (secondary N) is 1. The van der Waals surface area contributed by atoms with E-state index in [4.69, 9.17) is 0 Å². The Kier molecular flexibility index (Phi) is 6.51. The predicted molar refractivity (Wildman–Crippen MR) is 125 cm³/mol. The molecule has 3 aromatic carbocycles. The number of amides is 1. The second-order valence-corrected chi connectivity index (χ2v) is 10.3. The molecule has 0 aliphatic heterocycles. The Morgan fingerprint density at radius 3 is 2.16 bits per heavy atom. The predicted octanol–water partition coefficient (Wildman–Crippen LogP) is 5.06. The normalized spacial score (nSPS) is 11.7. The van der Waals surface area contributed by atoms with Crippen molar-refractivity contribution in [1.29, 1.82) is 0 Å². The monoisotopic (exact) mass is 436 g/mol. The zero-order valence-electron chi connectivity index (χ0n) is 18.3. The molecule has 0 aliphatic rings. The summed E-state index contributed by atoms with van der Waals surface area (Å²) in [6.45, 7) is 6.91. The molecule has 1 N–H and O–H groups in total. The van der Waals surface area contributed by atoms with Crippen LogP contribution in [-0.4, -0.2) is 26.3 Å². The molecule has 0 aromatic heterocycles. The van der Waals surface area contributed by atoms with Crippen LogP contribution in [-0.2, 0) is 22.0 Å². The zero-order chi connectivity index (χ0) is 22.6. The van der Waals surface area contributed by atoms with E-state index in [0.29, 0.717) is 17.8 Å². The third-order valence-corrected chi connectivity index (χ3v) is 6.38. The summed E-state index contributed by atoms with van der Waals surface area (Å²) < 4.78 is 28.0. The summed E-state index contributed by atoms with van der Waals surface area (Å²) in [5.74, 6) is -0.239. The van der Waals surface area contributed by atoms with Gasteiger partial charge in [0.15, 0.2) is 0 Å². The van der Waals surface area contributed by atoms with Crippen molar-refractivity contribution in [2.45, 2.75) is 37.6 Å². The maximum atomic E-state index is 12.9. The van der Waals surface area contributed by atoms with Gasteiger partial charge in [0.05, 0.1) is 4.90 Å². The number of rotatable bonds is 6. The zero-order valence-corrected chi connectivity index (χ0v) is 19.1. The van der Waals surface area contributed by atoms with Gasteiger partial charge in [0.2, 0.25) is 0 Å². The molecule has 162 valence electrons. The molecule has 0 saturated heterocycles. The summed E-state index contributed by atoms with van der Waals surface area (Å²) in [5, 5.41) is 0. The van der Waals surface area contributed by atoms with Crippen LogP contribution in [0.3, 0.4) is 0 Å². The van der Waals surface area contributed by atoms with Gasteiger partial charge in [-0.1, -0.05) is 69.3 Å². The molecule has 0 fully saturated rings. The molecule has 0 spiro atoms. The van der Waals surface area contributed by atoms with Crippen LogP contribution in [0.2, 0.25) is 0 Å². The lowest BCUT2D eigenvalue weighted by Gasteiger charge is -2.21. The first kappa shape index (κ1) is 22.6. The van der Waals surface area contributed by atoms with Gasteiger partial charge in [0.1, 0.15) is 0 Å². The summed E-state index contributed by atoms with van der Waals surface area (Å²) >= 11 is 0. The summed E-state index contributed by atoms with van der Waals surface area (Å²) in [5.41, 5.74) is 3.10. The molecule has 6 heteroatoms. The van der Waals surface area contributed by atoms with Gasteiger partial charge in [-0.05, 0) is 46.9 Å². The number of benzene rings is 3. The van der Waals surface area contributed by atoms with Crippen LogP contribution in [0.5, 0.6) is 0 Å². The Balaban J connectivity index is 1.74. The van der Waals surface area contributed by atoms with Gasteiger partial charge in [0.25, 0.3) is 15.9 Å². The number of anilines is 1. The van der Waals surface area contributed by atoms with E-state index in [1.165, 1.54) is 17.7 Å². The van der Waals surface area contributed by atoms with E-state index in [2.05, 4.69) is 37.6 Å². The fourth-order valence-electron chi connectivity index (χ4n) is 3.19. The van der Waals surface area contributed by atoms with Crippen molar-refractivity contribution in [3.05, 3.63) is 95.6 Å². The molecule has 31 heavy (non-hydrogen) atoms. The maximum Gasteiger partial charge on any atom is 0.261 e. The van der Waals surface area contributed by atoms with Crippen molar-refractivity contribution >= 4 is 21.6 Å². The molecule has 3 aromatic rings. The highest BCUT2D eigenvalue weighted by Gasteiger charge is 2.19. The average molecular weight is 437 g/mol. The molecule has 0 heterocycles. The van der Waals surface area contributed by atoms with E-state index >= 15 is 0 Å². The third-order valence-electron chi connectivity index (χ3n) is 5.00. The van der Waals surface area contributed by atoms with Gasteiger partial charge in [-0.25, -0.2) is 8.42 Å². The van der Waals surface area contributed by atoms with Crippen LogP contribution < -0.4 is 4.72 Å². The number of hydrogen-bond donors (Lipinski definition) is 1. The van der Waals surface area contributed by atoms with Crippen LogP contribution in [0.25, 0.3) is 0 Å². The number of carbonyl (C=O) groups is 1. The Labute approximate surface area is 184 Å². The molecular formula is C25H28N2O3S. The first-order valence-corrected chi connectivity index (χ1v) is 11.6. The second-order valence-electron chi connectivity index (χ2n) is 8.61. The minimum atomic E-state index is -3.79. The number of carbonyl (C=O) groups excluding carboxylic acids is 1. The van der Waals surface area contributed by atoms with Crippen molar-refractivity contribution < 1.29 is 13.2 Å². The SMILES string of the molecule is CN(Cc1ccc(C(C)(C)C)cc1)C(=O)c1cccc(S(=O)(=O)Nc2ccccc2)c1. The van der Waals surface area contributed by atoms with Gasteiger partial charge >= 0.3 is 0 Å². The number of nitrogens with zero attached hydrogens (tertiary/aromatic N) is 1. The first-order chi connectivity index (χ1) is 14.6. The smallest absolute Gasteiger partial charge is 0.261 e. The Morgan fingerprint density at radius 1 is 0.903 bits per heavy atom. The van der Waals surface area contributed by atoms with E-state index in [9.17, 15) is 13.2 Å². The molecule has 5 nitrogen and oxygen atoms in total. The highest BCUT2D eigenvalue weighted by Crippen LogP contribution is 2.23. The van der Waals surface area contributed by atoms with E-state index in [1.807, 2.05) is 18.2 Å². The van der Waals surface area contributed by atoms with Gasteiger partial charge < -0.3 is 4.90 Å². The van der Waals surface area contributed by atoms with Crippen LogP contribution in [0.4, 0.5) is 5.69 Å². The minimum absolute atomic E-state index is 0.0464. The lowest BCUT2D eigenvalue weighted by atomic mass is 9.87. The van der Waals surface area contributed by atoms with Gasteiger partial charge in [-0.15, -0.1) is 0 Å². The molecule has 0 saturated carbocycles. The van der Waals surface area contributed by atoms with Crippen molar-refractivity contribution in [2.24, 2.45) is 0 Å². The first-order valence-electron chi connectivity index (χ1n) is 10.1. The van der Waals surface area contributed by atoms with Crippen molar-refractivity contribution in [3.63, 3.8) is 0 Å². The third kappa shape index (κ3) is 5.73. The van der Waals surface area contributed by atoms with E-state index < -0.39 is 10.0 Å². The maximum absolute atomic E-state index is 12.9. The molecule has 0 bridgehead atoms. The molecular weight excluding hydrogens is 408 g/mol. The summed E-state index contributed by atoms with van der Waals surface area (Å²) in [4.78, 5) is 14.6. The minimum Gasteiger partial charge on any atom is -0.337 e. The van der Waals surface area contributed by atoms with E-state index in [1.54, 1.807) is 48.3 Å². The lowest BCUT2D eigenvalue weighted by Crippen LogP contribution is -2.26. The van der Waals surface area contributed by atoms with Gasteiger partial charge in [-0.2, -0.15) is 0 Å². The molecule has 3 rings (SSSR count). The fraction of sp³-hybridized carbons (Fsp3) is 0.240. The van der Waals surface area contributed by atoms with Crippen molar-refractivity contribution in [2.75, 3.05) is 11.8 Å². The highest BCUT2D eigenvalue weighted by molar-refractivity contribution is 7.92. The van der Waals surface area contributed by atoms with Crippen LogP contribution in [0.15, 0.2) is 83.8 Å². The Bertz CT molecular complexity index is 1150. The Hall–Kier alpha value is -3.12. The Morgan fingerprint density at radius 2 is 1.55 bits per heavy atom. The second kappa shape index (κ2) is 8.94. The van der Waals surface area contributed by atoms with Gasteiger partial charge in [0, 0.05) is 24.8 Å². The number of sulfonamides is 1. The number of hydrogen-bond acceptors (Lipinski definition) is 3. The van der Waals surface area contributed by atoms with Crippen LogP contribution >= 0.6 is 0 Å². The van der Waals surface area contributed by atoms with Gasteiger partial charge in [-0.3, -0.25) is 9.52 Å². The standard InChI is InChI=1S/C25H28N2O3S/c1-25(2,3)21-15-13-19(14-16-21)18-27(4)24(28)20-9-8-12-23(17-20)31(29,30)26-22-10-6-5-7-11-22/h5-17,26H,18H2,1-4H3. The molecule has 1 amide bonds. The quantitative estimate of drug-likeness (QED) is 0.587. The molecule has 0 radical (unpaired) electrons. The number of para-hydroxylation sites is 1. The molecule has 0 unspecified atom stereocenters. The summed E-state index contributed by atoms with van der Waals surface area (Å²) in [6.07, 6.45) is 0. The largest absolute Gasteiger partial charge is 0.337 e. The highest BCUT2D eigenvalue weighted by atomic mass is 32.2. The fourth-order valence-corrected chi connectivity index (χ4v) is 4.30. The van der Waals surface area contributed by atoms with Crippen LogP contribution in [0, 0.1) is 0 Å². The molecule has 0 aliphatic carbocycles. The topological polar surface area (TPSA) is 66.5 Å². The summed E-state index contributed by atoms with van der Waals surface area (Å²) in [6, 6.07) is 23.0. The van der Waals surface area contributed by atoms with Crippen molar-refractivity contribution in [3.8, 4) is 0 Å². The lowest BCUT2D eigenvalue weighted by molar-refractivity contribution is 0.0785. The van der Waals surface area contributed by atoms with Crippen LogP contribution in [0.1, 0.15) is 42.3 Å².